The summed E-state index contributed by atoms with van der Waals surface area (Å²) in [5.41, 5.74) is 9.31. The fourth-order valence-corrected chi connectivity index (χ4v) is 12.2. The van der Waals surface area contributed by atoms with Gasteiger partial charge in [0.25, 0.3) is 0 Å². The predicted molar refractivity (Wildman–Crippen MR) is 343 cm³/mol. The quantitative estimate of drug-likeness (QED) is 0.0103. The number of urea groups is 1. The Morgan fingerprint density at radius 3 is 2.30 bits per heavy atom. The van der Waals surface area contributed by atoms with Gasteiger partial charge in [-0.2, -0.15) is 0 Å². The van der Waals surface area contributed by atoms with Gasteiger partial charge in [0, 0.05) is 68.2 Å². The first kappa shape index (κ1) is 71.0. The van der Waals surface area contributed by atoms with Crippen LogP contribution in [-0.4, -0.2) is 154 Å². The number of anilines is 1. The molecule has 4 heterocycles. The van der Waals surface area contributed by atoms with Crippen molar-refractivity contribution in [3.8, 4) is 11.5 Å². The number of carbonyl (C=O) groups is 9. The first-order valence-corrected chi connectivity index (χ1v) is 32.4. The molecule has 3 aromatic rings. The van der Waals surface area contributed by atoms with Gasteiger partial charge in [-0.1, -0.05) is 59.6 Å². The second-order valence-electron chi connectivity index (χ2n) is 24.2. The number of rotatable bonds is 38. The number of hydrogen-bond donors (Lipinski definition) is 6. The van der Waals surface area contributed by atoms with Crippen molar-refractivity contribution in [3.63, 3.8) is 0 Å². The molecule has 0 radical (unpaired) electrons. The number of carbonyl (C=O) groups excluding carboxylic acids is 8. The van der Waals surface area contributed by atoms with Crippen LogP contribution in [0.4, 0.5) is 10.5 Å². The molecule has 3 aliphatic heterocycles. The molecule has 2 fully saturated rings. The van der Waals surface area contributed by atoms with Crippen LogP contribution in [0, 0.1) is 17.3 Å². The Kier molecular flexibility index (Phi) is 26.5. The van der Waals surface area contributed by atoms with E-state index in [1.54, 1.807) is 58.4 Å². The molecular formula is C67H89N7O17S. The van der Waals surface area contributed by atoms with Gasteiger partial charge in [-0.25, -0.2) is 4.79 Å². The highest BCUT2D eigenvalue weighted by Gasteiger charge is 2.46. The number of Topliss-reactive ketones (excluding diaryl/α,β-unsaturated/α-hetero) is 1. The number of imide groups is 1. The number of amides is 7. The van der Waals surface area contributed by atoms with Crippen molar-refractivity contribution >= 4 is 80.4 Å². The van der Waals surface area contributed by atoms with Crippen LogP contribution in [0.1, 0.15) is 140 Å². The minimum atomic E-state index is -1.08. The molecule has 1 aliphatic carbocycles. The van der Waals surface area contributed by atoms with Gasteiger partial charge in [-0.15, -0.1) is 11.3 Å². The third-order valence-electron chi connectivity index (χ3n) is 16.5. The van der Waals surface area contributed by atoms with Gasteiger partial charge in [0.2, 0.25) is 29.5 Å². The number of nitrogens with one attached hydrogen (secondary N) is 4. The number of carboxylic acids is 1. The van der Waals surface area contributed by atoms with Gasteiger partial charge in [0.1, 0.15) is 25.3 Å². The lowest BCUT2D eigenvalue weighted by atomic mass is 9.74. The van der Waals surface area contributed by atoms with Gasteiger partial charge in [-0.05, 0) is 102 Å². The number of likely N-dealkylation sites (tertiary alicyclic amines) is 1. The number of hydrogen-bond acceptors (Lipinski definition) is 18. The molecule has 0 bridgehead atoms. The van der Waals surface area contributed by atoms with E-state index >= 15 is 0 Å². The molecule has 2 unspecified atom stereocenters. The minimum absolute atomic E-state index is 0.0188. The van der Waals surface area contributed by atoms with E-state index in [4.69, 9.17) is 44.0 Å². The zero-order chi connectivity index (χ0) is 66.5. The highest BCUT2D eigenvalue weighted by molar-refractivity contribution is 7.20. The third kappa shape index (κ3) is 20.8. The molecule has 1 aromatic heterocycles. The van der Waals surface area contributed by atoms with Crippen LogP contribution < -0.4 is 36.5 Å². The van der Waals surface area contributed by atoms with Crippen LogP contribution in [0.2, 0.25) is 0 Å². The van der Waals surface area contributed by atoms with Crippen LogP contribution in [0.3, 0.4) is 0 Å². The fourth-order valence-electron chi connectivity index (χ4n) is 11.1. The molecule has 3 atom stereocenters. The summed E-state index contributed by atoms with van der Waals surface area (Å²) in [7, 11) is 3.15. The zero-order valence-electron chi connectivity index (χ0n) is 53.8. The van der Waals surface area contributed by atoms with Gasteiger partial charge in [-0.3, -0.25) is 43.3 Å². The Labute approximate surface area is 540 Å². The van der Waals surface area contributed by atoms with Crippen LogP contribution in [-0.2, 0) is 63.9 Å². The monoisotopic (exact) mass is 1300 g/mol. The molecule has 7 N–H and O–H groups in total. The van der Waals surface area contributed by atoms with Crippen LogP contribution in [0.15, 0.2) is 88.7 Å². The number of epoxide rings is 1. The molecule has 500 valence electrons. The maximum Gasteiger partial charge on any atom is 0.312 e. The summed E-state index contributed by atoms with van der Waals surface area (Å²) in [6, 6.07) is 9.25. The first-order chi connectivity index (χ1) is 44.1. The zero-order valence-corrected chi connectivity index (χ0v) is 54.7. The van der Waals surface area contributed by atoms with Crippen molar-refractivity contribution in [2.24, 2.45) is 23.0 Å². The largest absolute Gasteiger partial charge is 0.493 e. The van der Waals surface area contributed by atoms with Crippen molar-refractivity contribution in [2.75, 3.05) is 78.7 Å². The van der Waals surface area contributed by atoms with E-state index < -0.39 is 47.8 Å². The highest BCUT2D eigenvalue weighted by atomic mass is 32.1. The number of carboxylic acid groups (broad SMARTS) is 1. The number of methoxy groups -OCH3 is 2. The Morgan fingerprint density at radius 2 is 1.61 bits per heavy atom. The van der Waals surface area contributed by atoms with Crippen molar-refractivity contribution in [2.45, 2.75) is 143 Å². The maximum atomic E-state index is 13.8. The molecule has 24 nitrogen and oxygen atoms in total. The molecule has 4 aliphatic rings. The van der Waals surface area contributed by atoms with Gasteiger partial charge < -0.3 is 70.2 Å². The number of unbranched alkanes of at least 4 members (excludes halogenated alkanes) is 1. The second-order valence-corrected chi connectivity index (χ2v) is 25.3. The van der Waals surface area contributed by atoms with Crippen LogP contribution in [0.5, 0.6) is 11.5 Å². The summed E-state index contributed by atoms with van der Waals surface area (Å²) in [4.78, 5) is 119. The molecule has 2 aromatic carbocycles. The first-order valence-electron chi connectivity index (χ1n) is 31.6. The average Bonchev–Trinajstić information content (AvgIpc) is 1.77. The Bertz CT molecular complexity index is 3290. The van der Waals surface area contributed by atoms with Crippen LogP contribution in [0.25, 0.3) is 10.1 Å². The predicted octanol–water partition coefficient (Wildman–Crippen LogP) is 8.34. The number of aliphatic carboxylic acids is 1. The molecule has 7 rings (SSSR count). The molecule has 7 amide bonds. The molecular weight excluding hydrogens is 1210 g/mol. The number of thiophene rings is 1. The third-order valence-corrected chi connectivity index (χ3v) is 17.7. The SMILES string of the molecule is CCCCC(C)(C)C1CC(=O)N(CCOCCC(=O)NC(C(=O)N[C@@H](CCCNC(N)=O)C(=O)Nc2ccc(COC(=O)CC/C(=C3/CO3)N3CC4=C(CC/C=C(/OCCCOc5cc6cc(C(=O)CCC(=O)O)sc6cc5OC)C(OC)=C4)C3)cc2)C(C)C)C1=O. The summed E-state index contributed by atoms with van der Waals surface area (Å²) in [6.45, 7) is 12.3. The Morgan fingerprint density at radius 1 is 0.848 bits per heavy atom. The average molecular weight is 1300 g/mol. The Hall–Kier alpha value is -8.45. The number of nitrogens with zero attached hydrogens (tertiary/aromatic N) is 2. The number of allylic oxidation sites excluding steroid dienone is 2. The smallest absolute Gasteiger partial charge is 0.312 e. The summed E-state index contributed by atoms with van der Waals surface area (Å²) in [6.07, 6.45) is 9.57. The van der Waals surface area contributed by atoms with E-state index in [0.29, 0.717) is 91.3 Å². The number of esters is 1. The number of nitrogens with two attached hydrogens (primary N) is 1. The van der Waals surface area contributed by atoms with Gasteiger partial charge >= 0.3 is 18.0 Å². The van der Waals surface area contributed by atoms with Crippen LogP contribution >= 0.6 is 11.3 Å². The summed E-state index contributed by atoms with van der Waals surface area (Å²) < 4.78 is 41.7. The number of primary amides is 1. The fraction of sp³-hybridized carbons (Fsp3) is 0.537. The van der Waals surface area contributed by atoms with Crippen molar-refractivity contribution in [1.82, 2.24) is 25.8 Å². The number of fused-ring (bicyclic) bond motifs is 1. The minimum Gasteiger partial charge on any atom is -0.493 e. The van der Waals surface area contributed by atoms with E-state index in [1.807, 2.05) is 38.1 Å². The van der Waals surface area contributed by atoms with Gasteiger partial charge in [0.05, 0.1) is 76.5 Å². The summed E-state index contributed by atoms with van der Waals surface area (Å²) >= 11 is 1.29. The second kappa shape index (κ2) is 34.3. The molecule has 2 saturated heterocycles. The maximum absolute atomic E-state index is 13.8. The van der Waals surface area contributed by atoms with E-state index in [9.17, 15) is 43.2 Å². The summed E-state index contributed by atoms with van der Waals surface area (Å²) in [5.74, 6) is -1.38. The van der Waals surface area contributed by atoms with E-state index in [2.05, 4.69) is 33.1 Å². The molecule has 0 spiro atoms. The normalized spacial score (nSPS) is 17.3. The Balaban J connectivity index is 0.834. The number of ketones is 1. The number of benzene rings is 2. The summed E-state index contributed by atoms with van der Waals surface area (Å²) in [5, 5.41) is 20.6. The van der Waals surface area contributed by atoms with Crippen molar-refractivity contribution in [1.29, 1.82) is 0 Å². The van der Waals surface area contributed by atoms with Gasteiger partial charge in [0.15, 0.2) is 34.6 Å². The van der Waals surface area contributed by atoms with E-state index in [1.165, 1.54) is 21.8 Å². The van der Waals surface area contributed by atoms with Crippen molar-refractivity contribution < 1.29 is 81.4 Å². The lowest BCUT2D eigenvalue weighted by Crippen LogP contribution is -2.54. The molecule has 25 heteroatoms. The lowest BCUT2D eigenvalue weighted by molar-refractivity contribution is -0.145. The topological polar surface area (TPSA) is 322 Å². The molecule has 92 heavy (non-hydrogen) atoms. The van der Waals surface area contributed by atoms with Crippen molar-refractivity contribution in [3.05, 3.63) is 99.2 Å². The number of ether oxygens (including phenoxy) is 7. The van der Waals surface area contributed by atoms with E-state index in [-0.39, 0.29) is 113 Å². The van der Waals surface area contributed by atoms with E-state index in [0.717, 1.165) is 52.8 Å². The standard InChI is InChI=1S/C67H89N7O17S/c1-8-9-25-67(4,5)47-35-59(77)74(65(47)83)27-31-87-30-24-58(76)72-62(41(2)3)64(82)71-48(14-11-26-69-66(68)84)63(81)70-46-18-16-42(17-19-46)39-91-61(80)23-20-49(55-40-90-55)73-37-43-13-10-15-51(52(85-6)33-45(43)38-73)88-28-12-29-89-54-32-44-34-57(50(75)21-22-60(78)79)92-56(44)36-53(54)86-7/h15-19,32-34,36,41,47-48,62H,8-14,20-31,35,37-40H2,1-7H3,(H,70,81)(H,71,82)(H,72,76)(H,78,79)(H3,68,69,84)/b51-15+,52-33?,55-49+/t47?,48-,62?/m0/s1. The highest BCUT2D eigenvalue weighted by Crippen LogP contribution is 2.41. The lowest BCUT2D eigenvalue weighted by Gasteiger charge is -2.29. The molecule has 0 saturated carbocycles.